The van der Waals surface area contributed by atoms with Crippen LogP contribution in [0, 0.1) is 29.6 Å². The summed E-state index contributed by atoms with van der Waals surface area (Å²) in [6.45, 7) is 46.5. The van der Waals surface area contributed by atoms with Crippen molar-refractivity contribution in [1.82, 2.24) is 51.1 Å². The number of rotatable bonds is 112. The van der Waals surface area contributed by atoms with Gasteiger partial charge < -0.3 is 87.2 Å². The largest absolute Gasteiger partial charge is 0.392 e. The summed E-state index contributed by atoms with van der Waals surface area (Å²) in [6, 6.07) is 0. The van der Waals surface area contributed by atoms with Gasteiger partial charge in [0.25, 0.3) is 0 Å². The number of nitrogens with one attached hydrogen (secondary N) is 5. The molecule has 0 bridgehead atoms. The minimum Gasteiger partial charge on any atom is -0.392 e. The molecule has 0 radical (unpaired) electrons. The van der Waals surface area contributed by atoms with Crippen LogP contribution < -0.4 is 26.6 Å². The normalized spacial score (nSPS) is 14.8. The van der Waals surface area contributed by atoms with Crippen molar-refractivity contribution in [3.8, 4) is 0 Å². The molecule has 146 heavy (non-hydrogen) atoms. The lowest BCUT2D eigenvalue weighted by Gasteiger charge is -2.30. The maximum Gasteiger partial charge on any atom is 0.0692 e. The van der Waals surface area contributed by atoms with Crippen LogP contribution in [0.5, 0.6) is 0 Å². The Hall–Kier alpha value is -0.760. The molecule has 0 saturated heterocycles. The Balaban J connectivity index is -0.000000600. The minimum atomic E-state index is -0.350. The summed E-state index contributed by atoms with van der Waals surface area (Å²) in [4.78, 5) is 11.3. The quantitative estimate of drug-likeness (QED) is 0.0253. The molecule has 0 aromatic heterocycles. The fourth-order valence-electron chi connectivity index (χ4n) is 19.8. The van der Waals surface area contributed by atoms with Gasteiger partial charge in [0, 0.05) is 58.9 Å². The van der Waals surface area contributed by atoms with Gasteiger partial charge >= 0.3 is 0 Å². The minimum absolute atomic E-state index is 0.176. The van der Waals surface area contributed by atoms with E-state index in [9.17, 15) is 40.9 Å². The Labute approximate surface area is 914 Å². The van der Waals surface area contributed by atoms with Gasteiger partial charge in [-0.15, -0.1) is 0 Å². The van der Waals surface area contributed by atoms with Gasteiger partial charge in [0.15, 0.2) is 0 Å². The first-order valence-corrected chi connectivity index (χ1v) is 64.7. The van der Waals surface area contributed by atoms with Crippen molar-refractivity contribution in [3.63, 3.8) is 0 Å². The van der Waals surface area contributed by atoms with Crippen LogP contribution in [0.3, 0.4) is 0 Å². The van der Waals surface area contributed by atoms with Crippen molar-refractivity contribution < 1.29 is 46.0 Å². The van der Waals surface area contributed by atoms with E-state index in [1.807, 2.05) is 48.8 Å². The summed E-state index contributed by atoms with van der Waals surface area (Å²) >= 11 is 0. The lowest BCUT2D eigenvalue weighted by molar-refractivity contribution is 0.0382. The van der Waals surface area contributed by atoms with Crippen molar-refractivity contribution in [3.05, 3.63) is 0 Å². The first-order chi connectivity index (χ1) is 70.7. The standard InChI is InChI=1S/C44H92N2O3.2C26H56N2O2.C23H50N2O.C8H20N2O/c1-7-10-12-14-16-18-20-22-24-26-28-30-33-40(4)43(48)38-45(6)35-32-36-46(37-42(47)9-3)39-44(49)41(5)34-31-29-27-25-23-21-19-17-15-13-11-8-2;1-5-7-8-9-10-11-12-13-14-15-16-17-19-24(3)26(30)23-28(4)21-18-20-27-22-25(29)6-2;1-5-7-8-9-10-11-12-13-14-15-16-17-19-24(3)26(30)23-28(21-18-20-27-4)22-25(29)6-2;1-5-6-7-8-9-10-11-12-13-14-15-16-18-22(2)23(26)21-25(4)20-17-19-24-3;1-3-8(11)7-10-6-4-5-9-2/h40-44,47-49H,7-39H2,1-6H3;2*24-27,29-30H,5-23H2,1-4H3;22-24,26H,5-21H2,1-4H3;8-11H,3-7H2,1-2H3. The SMILES string of the molecule is CCC(O)CNCCCNC.CCCCCCCCCCCCCCC(C)C(O)CN(C)CCCN(CC(O)CC)CC(O)C(C)CCCCCCCCCCCCCC.CCCCCCCCCCCCCCC(C)C(O)CN(C)CCCNC.CCCCCCCCCCCCCCC(C)C(O)CN(C)CCCNCC(O)CC.CCCCCCCCCCCCCCC(C)C(O)CN(CCCNC)CC(O)CC. The molecule has 14 unspecified atom stereocenters. The second kappa shape index (κ2) is 124. The van der Waals surface area contributed by atoms with Gasteiger partial charge in [0.1, 0.15) is 0 Å². The highest BCUT2D eigenvalue weighted by atomic mass is 16.3. The number of unbranched alkanes of at least 4 members (excludes halogenated alkanes) is 55. The average Bonchev–Trinajstić information content (AvgIpc) is 0.914. The molecule has 0 rings (SSSR count). The summed E-state index contributed by atoms with van der Waals surface area (Å²) in [5, 5.41) is 108. The van der Waals surface area contributed by atoms with E-state index in [4.69, 9.17) is 5.11 Å². The molecule has 0 aliphatic carbocycles. The van der Waals surface area contributed by atoms with E-state index in [0.29, 0.717) is 56.4 Å². The Bertz CT molecular complexity index is 2360. The molecule has 0 saturated carbocycles. The lowest BCUT2D eigenvalue weighted by atomic mass is 9.96. The number of hydrogen-bond acceptors (Lipinski definition) is 19. The van der Waals surface area contributed by atoms with Gasteiger partial charge in [-0.25, -0.2) is 0 Å². The maximum absolute atomic E-state index is 11.1. The van der Waals surface area contributed by atoms with Crippen molar-refractivity contribution in [2.45, 2.75) is 627 Å². The van der Waals surface area contributed by atoms with Crippen molar-refractivity contribution in [2.24, 2.45) is 29.6 Å². The van der Waals surface area contributed by atoms with Gasteiger partial charge in [0.05, 0.1) is 54.9 Å². The zero-order valence-electron chi connectivity index (χ0n) is 103. The Morgan fingerprint density at radius 2 is 0.349 bits per heavy atom. The van der Waals surface area contributed by atoms with Gasteiger partial charge in [-0.05, 0) is 227 Å². The molecule has 0 spiro atoms. The van der Waals surface area contributed by atoms with Crippen LogP contribution in [-0.4, -0.2) is 292 Å². The van der Waals surface area contributed by atoms with Crippen LogP contribution in [0.15, 0.2) is 0 Å². The van der Waals surface area contributed by atoms with E-state index in [0.717, 1.165) is 175 Å². The maximum atomic E-state index is 11.1. The highest BCUT2D eigenvalue weighted by molar-refractivity contribution is 4.78. The molecule has 19 heteroatoms. The number of likely N-dealkylation sites (N-methyl/N-ethyl adjacent to an activating group) is 3. The molecule has 0 heterocycles. The molecule has 14 N–H and O–H groups in total. The number of hydrogen-bond donors (Lipinski definition) is 14. The summed E-state index contributed by atoms with van der Waals surface area (Å²) in [7, 11) is 12.2. The van der Waals surface area contributed by atoms with Crippen LogP contribution in [0.2, 0.25) is 0 Å². The van der Waals surface area contributed by atoms with Gasteiger partial charge in [0.2, 0.25) is 0 Å². The van der Waals surface area contributed by atoms with E-state index in [1.54, 1.807) is 0 Å². The second-order valence-corrected chi connectivity index (χ2v) is 46.7. The predicted molar refractivity (Wildman–Crippen MR) is 645 cm³/mol. The summed E-state index contributed by atoms with van der Waals surface area (Å²) in [5.41, 5.74) is 0. The van der Waals surface area contributed by atoms with Crippen molar-refractivity contribution >= 4 is 0 Å². The highest BCUT2D eigenvalue weighted by Crippen LogP contribution is 2.25. The van der Waals surface area contributed by atoms with Gasteiger partial charge in [-0.1, -0.05) is 482 Å². The zero-order valence-corrected chi connectivity index (χ0v) is 103. The molecule has 0 aliphatic heterocycles. The molecule has 886 valence electrons. The Morgan fingerprint density at radius 1 is 0.178 bits per heavy atom. The third-order valence-corrected chi connectivity index (χ3v) is 31.4. The number of aliphatic hydroxyl groups excluding tert-OH is 9. The average molecular weight is 2090 g/mol. The first-order valence-electron chi connectivity index (χ1n) is 64.7. The topological polar surface area (TPSA) is 258 Å². The van der Waals surface area contributed by atoms with E-state index >= 15 is 0 Å². The summed E-state index contributed by atoms with van der Waals surface area (Å²) < 4.78 is 0. The van der Waals surface area contributed by atoms with Crippen LogP contribution >= 0.6 is 0 Å². The number of aliphatic hydroxyl groups is 9. The molecular weight excluding hydrogens is 1810 g/mol. The monoisotopic (exact) mass is 2080 g/mol. The van der Waals surface area contributed by atoms with E-state index < -0.39 is 0 Å². The summed E-state index contributed by atoms with van der Waals surface area (Å²) in [5.74, 6) is 1.76. The van der Waals surface area contributed by atoms with Crippen LogP contribution in [0.4, 0.5) is 0 Å². The lowest BCUT2D eigenvalue weighted by Crippen LogP contribution is -2.41. The third-order valence-electron chi connectivity index (χ3n) is 31.4. The molecule has 0 aromatic rings. The molecular formula is C127H274N10O9. The van der Waals surface area contributed by atoms with Crippen LogP contribution in [0.1, 0.15) is 572 Å². The second-order valence-electron chi connectivity index (χ2n) is 46.7. The fraction of sp³-hybridized carbons (Fsp3) is 1.00. The van der Waals surface area contributed by atoms with Crippen molar-refractivity contribution in [1.29, 1.82) is 0 Å². The molecule has 0 amide bonds. The van der Waals surface area contributed by atoms with Crippen molar-refractivity contribution in [2.75, 3.05) is 167 Å². The Kier molecular flexibility index (Phi) is 131. The molecule has 0 aliphatic rings. The van der Waals surface area contributed by atoms with Gasteiger partial charge in [-0.2, -0.15) is 0 Å². The first kappa shape index (κ1) is 154. The van der Waals surface area contributed by atoms with Crippen LogP contribution in [0.25, 0.3) is 0 Å². The highest BCUT2D eigenvalue weighted by Gasteiger charge is 2.25. The predicted octanol–water partition coefficient (Wildman–Crippen LogP) is 28.6. The molecule has 0 fully saturated rings. The van der Waals surface area contributed by atoms with Crippen LogP contribution in [-0.2, 0) is 0 Å². The molecule has 0 aromatic carbocycles. The third kappa shape index (κ3) is 119. The number of nitrogens with zero attached hydrogens (tertiary/aromatic N) is 5. The van der Waals surface area contributed by atoms with Gasteiger partial charge in [-0.3, -0.25) is 9.80 Å². The smallest absolute Gasteiger partial charge is 0.0692 e. The van der Waals surface area contributed by atoms with E-state index in [1.165, 1.54) is 392 Å². The van der Waals surface area contributed by atoms with E-state index in [2.05, 4.69) is 141 Å². The Morgan fingerprint density at radius 3 is 0.562 bits per heavy atom. The zero-order chi connectivity index (χ0) is 109. The molecule has 19 nitrogen and oxygen atoms in total. The fourth-order valence-corrected chi connectivity index (χ4v) is 19.8. The summed E-state index contributed by atoms with van der Waals surface area (Å²) in [6.07, 6.45) is 94.4. The molecule has 14 atom stereocenters. The van der Waals surface area contributed by atoms with E-state index in [-0.39, 0.29) is 60.9 Å².